The lowest BCUT2D eigenvalue weighted by Crippen LogP contribution is -2.13. The highest BCUT2D eigenvalue weighted by molar-refractivity contribution is 5.97. The van der Waals surface area contributed by atoms with Crippen molar-refractivity contribution in [2.45, 2.75) is 19.8 Å². The molecule has 0 unspecified atom stereocenters. The summed E-state index contributed by atoms with van der Waals surface area (Å²) < 4.78 is 5.07. The highest BCUT2D eigenvalue weighted by atomic mass is 16.5. The van der Waals surface area contributed by atoms with Gasteiger partial charge in [0.25, 0.3) is 0 Å². The van der Waals surface area contributed by atoms with E-state index in [1.807, 2.05) is 36.4 Å². The average molecular weight is 324 g/mol. The molecule has 2 aromatic rings. The van der Waals surface area contributed by atoms with Crippen molar-refractivity contribution in [3.05, 3.63) is 54.1 Å². The van der Waals surface area contributed by atoms with E-state index in [0.717, 1.165) is 24.2 Å². The van der Waals surface area contributed by atoms with Crippen molar-refractivity contribution in [3.8, 4) is 0 Å². The number of para-hydroxylation sites is 1. The summed E-state index contributed by atoms with van der Waals surface area (Å²) in [6.07, 6.45) is 1.96. The Morgan fingerprint density at radius 2 is 1.71 bits per heavy atom. The zero-order chi connectivity index (χ0) is 16.9. The summed E-state index contributed by atoms with van der Waals surface area (Å²) in [6, 6.07) is 14.6. The number of carbonyl (C=O) groups excluding carboxylic acids is 2. The van der Waals surface area contributed by atoms with Crippen LogP contribution in [0.15, 0.2) is 48.5 Å². The molecule has 0 saturated heterocycles. The minimum absolute atomic E-state index is 0.0864. The van der Waals surface area contributed by atoms with Crippen LogP contribution in [0.4, 0.5) is 17.1 Å². The molecule has 2 aromatic carbocycles. The van der Waals surface area contributed by atoms with Gasteiger partial charge >= 0.3 is 5.97 Å². The first-order valence-corrected chi connectivity index (χ1v) is 8.11. The summed E-state index contributed by atoms with van der Waals surface area (Å²) in [5, 5.41) is 6.11. The van der Waals surface area contributed by atoms with Gasteiger partial charge in [-0.1, -0.05) is 12.1 Å². The third-order valence-corrected chi connectivity index (χ3v) is 3.80. The molecule has 5 heteroatoms. The molecule has 0 bridgehead atoms. The predicted octanol–water partition coefficient (Wildman–Crippen LogP) is 3.96. The van der Waals surface area contributed by atoms with E-state index in [1.54, 1.807) is 19.1 Å². The van der Waals surface area contributed by atoms with Gasteiger partial charge in [-0.2, -0.15) is 0 Å². The Kier molecular flexibility index (Phi) is 4.79. The number of rotatable bonds is 6. The molecule has 1 fully saturated rings. The zero-order valence-electron chi connectivity index (χ0n) is 13.5. The maximum atomic E-state index is 12.0. The van der Waals surface area contributed by atoms with Gasteiger partial charge < -0.3 is 15.4 Å². The molecule has 1 aliphatic rings. The zero-order valence-corrected chi connectivity index (χ0v) is 13.5. The van der Waals surface area contributed by atoms with E-state index in [4.69, 9.17) is 4.74 Å². The molecule has 0 aliphatic heterocycles. The minimum atomic E-state index is -0.353. The molecule has 24 heavy (non-hydrogen) atoms. The average Bonchev–Trinajstić information content (AvgIpc) is 3.42. The van der Waals surface area contributed by atoms with Crippen molar-refractivity contribution in [1.82, 2.24) is 0 Å². The molecule has 1 aliphatic carbocycles. The van der Waals surface area contributed by atoms with E-state index in [0.29, 0.717) is 17.9 Å². The number of carbonyl (C=O) groups is 2. The Morgan fingerprint density at radius 1 is 1.04 bits per heavy atom. The van der Waals surface area contributed by atoms with Crippen LogP contribution >= 0.6 is 0 Å². The summed E-state index contributed by atoms with van der Waals surface area (Å²) in [7, 11) is 0. The quantitative estimate of drug-likeness (QED) is 0.789. The van der Waals surface area contributed by atoms with Gasteiger partial charge in [0.2, 0.25) is 5.91 Å². The predicted molar refractivity (Wildman–Crippen MR) is 93.5 cm³/mol. The molecule has 0 radical (unpaired) electrons. The molecule has 5 nitrogen and oxygen atoms in total. The Hall–Kier alpha value is -2.82. The molecule has 2 N–H and O–H groups in total. The summed E-state index contributed by atoms with van der Waals surface area (Å²) in [5.74, 6) is -0.0865. The second-order valence-corrected chi connectivity index (χ2v) is 5.73. The molecule has 124 valence electrons. The maximum absolute atomic E-state index is 12.0. The van der Waals surface area contributed by atoms with Gasteiger partial charge in [-0.25, -0.2) is 4.79 Å². The van der Waals surface area contributed by atoms with Crippen LogP contribution in [0, 0.1) is 5.92 Å². The number of hydrogen-bond acceptors (Lipinski definition) is 4. The number of anilines is 3. The lowest BCUT2D eigenvalue weighted by Gasteiger charge is -2.12. The molecular formula is C19H20N2O3. The first-order chi connectivity index (χ1) is 11.7. The Bertz CT molecular complexity index is 737. The van der Waals surface area contributed by atoms with Gasteiger partial charge in [0.05, 0.1) is 17.9 Å². The molecule has 3 rings (SSSR count). The molecule has 0 aromatic heterocycles. The largest absolute Gasteiger partial charge is 0.462 e. The Labute approximate surface area is 141 Å². The molecule has 0 atom stereocenters. The van der Waals surface area contributed by atoms with Crippen molar-refractivity contribution in [3.63, 3.8) is 0 Å². The second-order valence-electron chi connectivity index (χ2n) is 5.73. The smallest absolute Gasteiger partial charge is 0.340 e. The van der Waals surface area contributed by atoms with Crippen LogP contribution in [-0.4, -0.2) is 18.5 Å². The first-order valence-electron chi connectivity index (χ1n) is 8.11. The van der Waals surface area contributed by atoms with E-state index < -0.39 is 0 Å². The first kappa shape index (κ1) is 16.1. The van der Waals surface area contributed by atoms with E-state index >= 15 is 0 Å². The summed E-state index contributed by atoms with van der Waals surface area (Å²) >= 11 is 0. The molecule has 1 amide bonds. The second kappa shape index (κ2) is 7.17. The normalized spacial score (nSPS) is 13.2. The summed E-state index contributed by atoms with van der Waals surface area (Å²) in [4.78, 5) is 23.7. The minimum Gasteiger partial charge on any atom is -0.462 e. The fraction of sp³-hybridized carbons (Fsp3) is 0.263. The Balaban J connectivity index is 1.69. The van der Waals surface area contributed by atoms with Crippen molar-refractivity contribution in [1.29, 1.82) is 0 Å². The number of nitrogens with one attached hydrogen (secondary N) is 2. The van der Waals surface area contributed by atoms with E-state index in [-0.39, 0.29) is 17.8 Å². The number of esters is 1. The van der Waals surface area contributed by atoms with Crippen LogP contribution in [0.2, 0.25) is 0 Å². The molecular weight excluding hydrogens is 304 g/mol. The monoisotopic (exact) mass is 324 g/mol. The number of amides is 1. The van der Waals surface area contributed by atoms with Gasteiger partial charge in [-0.05, 0) is 56.2 Å². The fourth-order valence-electron chi connectivity index (χ4n) is 2.36. The van der Waals surface area contributed by atoms with Crippen LogP contribution in [0.5, 0.6) is 0 Å². The SMILES string of the molecule is CCOC(=O)c1ccccc1Nc1ccc(NC(=O)C2CC2)cc1. The fourth-order valence-corrected chi connectivity index (χ4v) is 2.36. The van der Waals surface area contributed by atoms with Crippen molar-refractivity contribution < 1.29 is 14.3 Å². The highest BCUT2D eigenvalue weighted by Gasteiger charge is 2.29. The van der Waals surface area contributed by atoms with Crippen LogP contribution in [0.3, 0.4) is 0 Å². The number of benzene rings is 2. The van der Waals surface area contributed by atoms with Gasteiger partial charge in [0, 0.05) is 17.3 Å². The lowest BCUT2D eigenvalue weighted by molar-refractivity contribution is -0.117. The van der Waals surface area contributed by atoms with Crippen LogP contribution in [0.25, 0.3) is 0 Å². The Morgan fingerprint density at radius 3 is 2.38 bits per heavy atom. The summed E-state index contributed by atoms with van der Waals surface area (Å²) in [5.41, 5.74) is 2.78. The molecule has 1 saturated carbocycles. The van der Waals surface area contributed by atoms with Crippen molar-refractivity contribution in [2.75, 3.05) is 17.2 Å². The van der Waals surface area contributed by atoms with Gasteiger partial charge in [0.15, 0.2) is 0 Å². The highest BCUT2D eigenvalue weighted by Crippen LogP contribution is 2.30. The number of hydrogen-bond donors (Lipinski definition) is 2. The van der Waals surface area contributed by atoms with Crippen molar-refractivity contribution in [2.24, 2.45) is 5.92 Å². The topological polar surface area (TPSA) is 67.4 Å². The van der Waals surface area contributed by atoms with Crippen LogP contribution in [0.1, 0.15) is 30.1 Å². The standard InChI is InChI=1S/C19H20N2O3/c1-2-24-19(23)16-5-3-4-6-17(16)20-14-9-11-15(12-10-14)21-18(22)13-7-8-13/h3-6,9-13,20H,2,7-8H2,1H3,(H,21,22). The third kappa shape index (κ3) is 3.93. The summed E-state index contributed by atoms with van der Waals surface area (Å²) in [6.45, 7) is 2.12. The van der Waals surface area contributed by atoms with E-state index in [2.05, 4.69) is 10.6 Å². The van der Waals surface area contributed by atoms with Crippen molar-refractivity contribution >= 4 is 28.9 Å². The van der Waals surface area contributed by atoms with Gasteiger partial charge in [-0.15, -0.1) is 0 Å². The van der Waals surface area contributed by atoms with E-state index in [1.165, 1.54) is 0 Å². The van der Waals surface area contributed by atoms with Crippen LogP contribution in [-0.2, 0) is 9.53 Å². The lowest BCUT2D eigenvalue weighted by atomic mass is 10.1. The van der Waals surface area contributed by atoms with Gasteiger partial charge in [-0.3, -0.25) is 4.79 Å². The molecule has 0 spiro atoms. The molecule has 0 heterocycles. The van der Waals surface area contributed by atoms with E-state index in [9.17, 15) is 9.59 Å². The van der Waals surface area contributed by atoms with Crippen LogP contribution < -0.4 is 10.6 Å². The van der Waals surface area contributed by atoms with Gasteiger partial charge in [0.1, 0.15) is 0 Å². The number of ether oxygens (including phenoxy) is 1. The third-order valence-electron chi connectivity index (χ3n) is 3.80. The maximum Gasteiger partial charge on any atom is 0.340 e.